The molecular formula is C19H16F5N5OS. The molecule has 1 atom stereocenters. The second kappa shape index (κ2) is 8.40. The second-order valence-electron chi connectivity index (χ2n) is 7.03. The average molecular weight is 457 g/mol. The van der Waals surface area contributed by atoms with E-state index in [1.165, 1.54) is 33.7 Å². The molecule has 0 N–H and O–H groups in total. The van der Waals surface area contributed by atoms with E-state index in [1.54, 1.807) is 0 Å². The van der Waals surface area contributed by atoms with Gasteiger partial charge in [0.25, 0.3) is 11.7 Å². The molecule has 0 bridgehead atoms. The largest absolute Gasteiger partial charge is 0.417 e. The van der Waals surface area contributed by atoms with Gasteiger partial charge in [0.2, 0.25) is 0 Å². The fourth-order valence-corrected chi connectivity index (χ4v) is 4.20. The van der Waals surface area contributed by atoms with Gasteiger partial charge in [-0.3, -0.25) is 9.20 Å². The van der Waals surface area contributed by atoms with Crippen LogP contribution in [0.25, 0.3) is 5.65 Å². The minimum absolute atomic E-state index is 0.0626. The number of fused-ring (bicyclic) bond motifs is 1. The lowest BCUT2D eigenvalue weighted by Crippen LogP contribution is -2.39. The van der Waals surface area contributed by atoms with Gasteiger partial charge in [-0.05, 0) is 48.9 Å². The van der Waals surface area contributed by atoms with Crippen molar-refractivity contribution in [2.75, 3.05) is 13.1 Å². The summed E-state index contributed by atoms with van der Waals surface area (Å²) in [6.45, 7) is 0.580. The number of likely N-dealkylation sites (tertiary alicyclic amines) is 1. The second-order valence-corrected chi connectivity index (χ2v) is 8.01. The fourth-order valence-electron chi connectivity index (χ4n) is 3.63. The first kappa shape index (κ1) is 21.5. The highest BCUT2D eigenvalue weighted by molar-refractivity contribution is 7.99. The smallest absolute Gasteiger partial charge is 0.338 e. The molecule has 164 valence electrons. The van der Waals surface area contributed by atoms with Crippen LogP contribution in [0, 0.1) is 0 Å². The molecule has 0 aromatic carbocycles. The van der Waals surface area contributed by atoms with E-state index in [9.17, 15) is 26.7 Å². The number of rotatable bonds is 4. The van der Waals surface area contributed by atoms with Crippen LogP contribution in [-0.2, 0) is 6.18 Å². The Bertz CT molecular complexity index is 1100. The summed E-state index contributed by atoms with van der Waals surface area (Å²) in [4.78, 5) is 18.4. The Morgan fingerprint density at radius 3 is 2.74 bits per heavy atom. The molecule has 0 radical (unpaired) electrons. The van der Waals surface area contributed by atoms with Crippen molar-refractivity contribution in [3.63, 3.8) is 0 Å². The first-order chi connectivity index (χ1) is 14.7. The monoisotopic (exact) mass is 457 g/mol. The molecule has 0 aliphatic carbocycles. The minimum atomic E-state index is -4.51. The van der Waals surface area contributed by atoms with E-state index in [0.29, 0.717) is 25.2 Å². The first-order valence-electron chi connectivity index (χ1n) is 9.35. The Hall–Kier alpha value is -2.76. The molecule has 31 heavy (non-hydrogen) atoms. The van der Waals surface area contributed by atoms with E-state index in [0.717, 1.165) is 12.3 Å². The normalized spacial score (nSPS) is 17.5. The van der Waals surface area contributed by atoms with Crippen molar-refractivity contribution in [1.82, 2.24) is 24.5 Å². The lowest BCUT2D eigenvalue weighted by molar-refractivity contribution is -0.137. The maximum Gasteiger partial charge on any atom is 0.417 e. The third-order valence-corrected chi connectivity index (χ3v) is 5.76. The molecule has 6 nitrogen and oxygen atoms in total. The van der Waals surface area contributed by atoms with Gasteiger partial charge in [-0.25, -0.2) is 4.98 Å². The molecular weight excluding hydrogens is 441 g/mol. The standard InChI is InChI=1S/C19H16F5N5OS/c20-18(21)31-16-13(4-1-7-25-16)17(30)28-8-2-3-11(9-28)15-27-26-14-6-5-12(10-29(14)15)19(22,23)24/h1,4-7,10-11,18H,2-3,8-9H2. The first-order valence-corrected chi connectivity index (χ1v) is 10.2. The summed E-state index contributed by atoms with van der Waals surface area (Å²) in [5.74, 6) is -3.20. The van der Waals surface area contributed by atoms with Gasteiger partial charge in [0, 0.05) is 31.4 Å². The Kier molecular flexibility index (Phi) is 5.82. The van der Waals surface area contributed by atoms with Gasteiger partial charge < -0.3 is 4.90 Å². The number of hydrogen-bond acceptors (Lipinski definition) is 5. The summed E-state index contributed by atoms with van der Waals surface area (Å²) >= 11 is 0.197. The average Bonchev–Trinajstić information content (AvgIpc) is 3.16. The number of aromatic nitrogens is 4. The Morgan fingerprint density at radius 2 is 2.00 bits per heavy atom. The summed E-state index contributed by atoms with van der Waals surface area (Å²) in [6.07, 6.45) is -1.04. The number of amides is 1. The Labute approximate surface area is 177 Å². The molecule has 1 aliphatic rings. The van der Waals surface area contributed by atoms with E-state index < -0.39 is 23.4 Å². The number of hydrogen-bond donors (Lipinski definition) is 0. The van der Waals surface area contributed by atoms with Gasteiger partial charge in [-0.1, -0.05) is 0 Å². The zero-order valence-electron chi connectivity index (χ0n) is 15.9. The van der Waals surface area contributed by atoms with Crippen LogP contribution in [0.2, 0.25) is 0 Å². The number of nitrogens with zero attached hydrogens (tertiary/aromatic N) is 5. The summed E-state index contributed by atoms with van der Waals surface area (Å²) < 4.78 is 66.3. The van der Waals surface area contributed by atoms with Crippen LogP contribution in [0.1, 0.15) is 40.5 Å². The molecule has 1 unspecified atom stereocenters. The lowest BCUT2D eigenvalue weighted by Gasteiger charge is -2.32. The quantitative estimate of drug-likeness (QED) is 0.427. The minimum Gasteiger partial charge on any atom is -0.338 e. The molecule has 0 spiro atoms. The number of pyridine rings is 2. The van der Waals surface area contributed by atoms with Crippen molar-refractivity contribution in [1.29, 1.82) is 0 Å². The number of piperidine rings is 1. The maximum absolute atomic E-state index is 13.1. The maximum atomic E-state index is 13.1. The summed E-state index contributed by atoms with van der Waals surface area (Å²) in [6, 6.07) is 5.12. The van der Waals surface area contributed by atoms with Gasteiger partial charge in [-0.2, -0.15) is 22.0 Å². The topological polar surface area (TPSA) is 63.4 Å². The lowest BCUT2D eigenvalue weighted by atomic mass is 9.96. The van der Waals surface area contributed by atoms with Gasteiger partial charge in [0.05, 0.1) is 11.1 Å². The van der Waals surface area contributed by atoms with Crippen molar-refractivity contribution in [2.24, 2.45) is 0 Å². The van der Waals surface area contributed by atoms with Crippen LogP contribution in [-0.4, -0.2) is 49.2 Å². The van der Waals surface area contributed by atoms with Crippen molar-refractivity contribution in [2.45, 2.75) is 35.7 Å². The number of halogens is 5. The van der Waals surface area contributed by atoms with Crippen LogP contribution in [0.3, 0.4) is 0 Å². The zero-order valence-corrected chi connectivity index (χ0v) is 16.7. The highest BCUT2D eigenvalue weighted by Gasteiger charge is 2.33. The van der Waals surface area contributed by atoms with Crippen molar-refractivity contribution in [3.05, 3.63) is 53.6 Å². The van der Waals surface area contributed by atoms with Crippen molar-refractivity contribution >= 4 is 23.3 Å². The van der Waals surface area contributed by atoms with Gasteiger partial charge in [-0.15, -0.1) is 10.2 Å². The van der Waals surface area contributed by atoms with E-state index in [-0.39, 0.29) is 40.5 Å². The SMILES string of the molecule is O=C(c1cccnc1SC(F)F)N1CCCC(c2nnc3ccc(C(F)(F)F)cn23)C1. The van der Waals surface area contributed by atoms with Crippen molar-refractivity contribution < 1.29 is 26.7 Å². The van der Waals surface area contributed by atoms with Gasteiger partial charge in [0.1, 0.15) is 10.9 Å². The summed E-state index contributed by atoms with van der Waals surface area (Å²) in [5, 5.41) is 7.93. The molecule has 3 aromatic rings. The third-order valence-electron chi connectivity index (χ3n) is 5.03. The molecule has 4 rings (SSSR count). The van der Waals surface area contributed by atoms with E-state index in [4.69, 9.17) is 0 Å². The number of thioether (sulfide) groups is 1. The molecule has 4 heterocycles. The van der Waals surface area contributed by atoms with Crippen LogP contribution < -0.4 is 0 Å². The zero-order chi connectivity index (χ0) is 22.2. The third kappa shape index (κ3) is 4.48. The highest BCUT2D eigenvalue weighted by Crippen LogP contribution is 2.33. The molecule has 1 fully saturated rings. The predicted octanol–water partition coefficient (Wildman–Crippen LogP) is 4.48. The summed E-state index contributed by atoms with van der Waals surface area (Å²) in [5.41, 5.74) is -0.484. The van der Waals surface area contributed by atoms with E-state index in [1.807, 2.05) is 0 Å². The van der Waals surface area contributed by atoms with Crippen molar-refractivity contribution in [3.8, 4) is 0 Å². The molecule has 1 aliphatic heterocycles. The number of alkyl halides is 5. The van der Waals surface area contributed by atoms with Gasteiger partial charge in [0.15, 0.2) is 5.65 Å². The summed E-state index contributed by atoms with van der Waals surface area (Å²) in [7, 11) is 0. The molecule has 1 saturated heterocycles. The van der Waals surface area contributed by atoms with Crippen LogP contribution >= 0.6 is 11.8 Å². The van der Waals surface area contributed by atoms with Crippen LogP contribution in [0.15, 0.2) is 41.7 Å². The Morgan fingerprint density at radius 1 is 1.19 bits per heavy atom. The van der Waals surface area contributed by atoms with Gasteiger partial charge >= 0.3 is 6.18 Å². The number of carbonyl (C=O) groups excluding carboxylic acids is 1. The molecule has 12 heteroatoms. The molecule has 3 aromatic heterocycles. The van der Waals surface area contributed by atoms with Crippen LogP contribution in [0.4, 0.5) is 22.0 Å². The Balaban J connectivity index is 1.60. The van der Waals surface area contributed by atoms with E-state index >= 15 is 0 Å². The van der Waals surface area contributed by atoms with Crippen LogP contribution in [0.5, 0.6) is 0 Å². The number of carbonyl (C=O) groups is 1. The molecule has 0 saturated carbocycles. The fraction of sp³-hybridized carbons (Fsp3) is 0.368. The predicted molar refractivity (Wildman–Crippen MR) is 102 cm³/mol. The highest BCUT2D eigenvalue weighted by atomic mass is 32.2. The van der Waals surface area contributed by atoms with E-state index in [2.05, 4.69) is 15.2 Å². The molecule has 1 amide bonds.